The van der Waals surface area contributed by atoms with E-state index in [4.69, 9.17) is 5.26 Å². The molecule has 1 saturated heterocycles. The van der Waals surface area contributed by atoms with Gasteiger partial charge in [-0.2, -0.15) is 5.26 Å². The number of nitriles is 1. The predicted octanol–water partition coefficient (Wildman–Crippen LogP) is 2.83. The summed E-state index contributed by atoms with van der Waals surface area (Å²) in [6.07, 6.45) is 3.66. The number of nitrogens with zero attached hydrogens (tertiary/aromatic N) is 2. The molecule has 2 atom stereocenters. The number of nitrogens with one attached hydrogen (secondary N) is 2. The first kappa shape index (κ1) is 22.4. The second-order valence-electron chi connectivity index (χ2n) is 10.0. The highest BCUT2D eigenvalue weighted by Gasteiger charge is 2.53. The molecule has 2 amide bonds. The molecule has 5 aliphatic rings. The lowest BCUT2D eigenvalue weighted by Crippen LogP contribution is -2.60. The number of hydrogen-bond donors (Lipinski definition) is 2. The van der Waals surface area contributed by atoms with Crippen molar-refractivity contribution < 1.29 is 22.8 Å². The molecule has 2 N–H and O–H groups in total. The first-order valence-electron chi connectivity index (χ1n) is 11.4. The zero-order valence-corrected chi connectivity index (χ0v) is 17.8. The minimum Gasteiger partial charge on any atom is -0.353 e. The molecule has 4 aliphatic carbocycles. The van der Waals surface area contributed by atoms with Crippen molar-refractivity contribution in [3.63, 3.8) is 0 Å². The molecule has 9 heteroatoms. The van der Waals surface area contributed by atoms with Crippen molar-refractivity contribution in [1.82, 2.24) is 15.5 Å². The summed E-state index contributed by atoms with van der Waals surface area (Å²) < 4.78 is 40.3. The van der Waals surface area contributed by atoms with E-state index >= 15 is 0 Å². The van der Waals surface area contributed by atoms with Gasteiger partial charge in [0.2, 0.25) is 17.7 Å². The van der Waals surface area contributed by atoms with Crippen molar-refractivity contribution in [2.24, 2.45) is 5.41 Å². The fourth-order valence-electron chi connectivity index (χ4n) is 5.86. The average Bonchev–Trinajstić information content (AvgIpc) is 3.15. The van der Waals surface area contributed by atoms with Gasteiger partial charge in [0.15, 0.2) is 0 Å². The maximum atomic E-state index is 13.6. The summed E-state index contributed by atoms with van der Waals surface area (Å²) in [5.74, 6) is -2.86. The maximum absolute atomic E-state index is 13.6. The van der Waals surface area contributed by atoms with Crippen LogP contribution in [0.1, 0.15) is 70.6 Å². The first-order valence-corrected chi connectivity index (χ1v) is 11.4. The molecule has 0 aromatic carbocycles. The summed E-state index contributed by atoms with van der Waals surface area (Å²) in [5, 5.41) is 15.5. The number of halogens is 3. The van der Waals surface area contributed by atoms with Crippen molar-refractivity contribution >= 4 is 11.8 Å². The van der Waals surface area contributed by atoms with Crippen LogP contribution in [0.4, 0.5) is 13.2 Å². The van der Waals surface area contributed by atoms with E-state index in [0.29, 0.717) is 32.1 Å². The fraction of sp³-hybridized carbons (Fsp3) is 0.864. The zero-order valence-electron chi connectivity index (χ0n) is 17.8. The topological polar surface area (TPSA) is 85.2 Å². The number of carbonyl (C=O) groups excluding carboxylic acids is 2. The summed E-state index contributed by atoms with van der Waals surface area (Å²) in [7, 11) is 0. The van der Waals surface area contributed by atoms with E-state index < -0.39 is 23.6 Å². The molecule has 0 unspecified atom stereocenters. The van der Waals surface area contributed by atoms with Gasteiger partial charge in [0.1, 0.15) is 12.2 Å². The normalized spacial score (nSPS) is 37.4. The fourth-order valence-corrected chi connectivity index (χ4v) is 5.86. The average molecular weight is 441 g/mol. The van der Waals surface area contributed by atoms with Crippen LogP contribution in [0.25, 0.3) is 0 Å². The molecule has 0 spiro atoms. The summed E-state index contributed by atoms with van der Waals surface area (Å²) in [6, 6.07) is 1.13. The van der Waals surface area contributed by atoms with Crippen molar-refractivity contribution in [1.29, 1.82) is 5.26 Å². The lowest BCUT2D eigenvalue weighted by atomic mass is 9.56. The maximum Gasteiger partial charge on any atom is 0.248 e. The van der Waals surface area contributed by atoms with E-state index in [2.05, 4.69) is 10.6 Å². The molecule has 4 saturated carbocycles. The van der Waals surface area contributed by atoms with Crippen LogP contribution in [0.3, 0.4) is 0 Å². The zero-order chi connectivity index (χ0) is 22.3. The van der Waals surface area contributed by atoms with Crippen LogP contribution in [0.2, 0.25) is 0 Å². The molecule has 5 rings (SSSR count). The van der Waals surface area contributed by atoms with Crippen molar-refractivity contribution in [2.75, 3.05) is 13.1 Å². The van der Waals surface area contributed by atoms with Gasteiger partial charge in [-0.25, -0.2) is 13.2 Å². The third-order valence-electron chi connectivity index (χ3n) is 8.11. The quantitative estimate of drug-likeness (QED) is 0.689. The van der Waals surface area contributed by atoms with Crippen LogP contribution in [0, 0.1) is 16.7 Å². The van der Waals surface area contributed by atoms with E-state index in [9.17, 15) is 22.8 Å². The third-order valence-corrected chi connectivity index (χ3v) is 8.11. The minimum absolute atomic E-state index is 0.00462. The Labute approximate surface area is 180 Å². The van der Waals surface area contributed by atoms with Crippen LogP contribution in [-0.2, 0) is 9.59 Å². The van der Waals surface area contributed by atoms with Crippen molar-refractivity contribution in [2.45, 2.75) is 100 Å². The molecule has 6 nitrogen and oxygen atoms in total. The molecule has 172 valence electrons. The highest BCUT2D eigenvalue weighted by molar-refractivity contribution is 5.83. The monoisotopic (exact) mass is 440 g/mol. The third kappa shape index (κ3) is 4.55. The van der Waals surface area contributed by atoms with E-state index in [0.717, 1.165) is 19.3 Å². The highest BCUT2D eigenvalue weighted by Crippen LogP contribution is 2.52. The predicted molar refractivity (Wildman–Crippen MR) is 107 cm³/mol. The van der Waals surface area contributed by atoms with E-state index in [1.165, 1.54) is 4.90 Å². The number of fused-ring (bicyclic) bond motifs is 3. The number of likely N-dealkylation sites (tertiary alicyclic amines) is 1. The number of rotatable bonds is 5. The molecule has 1 aliphatic heterocycles. The van der Waals surface area contributed by atoms with E-state index in [1.807, 2.05) is 6.07 Å². The molecule has 0 aromatic heterocycles. The Hall–Kier alpha value is -1.82. The smallest absolute Gasteiger partial charge is 0.248 e. The minimum atomic E-state index is -2.61. The molecule has 2 bridgehead atoms. The van der Waals surface area contributed by atoms with Crippen molar-refractivity contribution in [3.8, 4) is 6.07 Å². The second-order valence-corrected chi connectivity index (χ2v) is 10.0. The largest absolute Gasteiger partial charge is 0.353 e. The molecular weight excluding hydrogens is 409 g/mol. The Morgan fingerprint density at radius 2 is 1.65 bits per heavy atom. The van der Waals surface area contributed by atoms with E-state index in [-0.39, 0.29) is 55.7 Å². The molecule has 0 radical (unpaired) electrons. The van der Waals surface area contributed by atoms with Crippen LogP contribution < -0.4 is 10.6 Å². The summed E-state index contributed by atoms with van der Waals surface area (Å²) in [4.78, 5) is 26.9. The van der Waals surface area contributed by atoms with Crippen LogP contribution in [0.5, 0.6) is 0 Å². The Morgan fingerprint density at radius 1 is 1.03 bits per heavy atom. The van der Waals surface area contributed by atoms with Gasteiger partial charge in [-0.3, -0.25) is 9.59 Å². The Kier molecular flexibility index (Phi) is 5.97. The van der Waals surface area contributed by atoms with Gasteiger partial charge in [0.05, 0.1) is 19.2 Å². The van der Waals surface area contributed by atoms with Gasteiger partial charge >= 0.3 is 0 Å². The number of amides is 2. The van der Waals surface area contributed by atoms with Gasteiger partial charge in [0.25, 0.3) is 0 Å². The standard InChI is InChI=1S/C22H31F3N4O2/c23-15-11-17(12-26)29(14-15)18(30)13-27-21-8-5-20(6-9-21,7-10-21)19(31)28-16-1-3-22(24,25)4-2-16/h15-17,27H,1-11,13-14H2,(H,28,31)/t15-,17-,20?,21?/m0/s1. The summed E-state index contributed by atoms with van der Waals surface area (Å²) in [5.41, 5.74) is -0.642. The molecule has 0 aromatic rings. The molecule has 5 fully saturated rings. The Balaban J connectivity index is 1.27. The number of hydrogen-bond acceptors (Lipinski definition) is 4. The second kappa shape index (κ2) is 8.27. The molecule has 31 heavy (non-hydrogen) atoms. The summed E-state index contributed by atoms with van der Waals surface area (Å²) in [6.45, 7) is 0.0442. The SMILES string of the molecule is N#C[C@@H]1C[C@H](F)CN1C(=O)CNC12CCC(C(=O)NC3CCC(F)(F)CC3)(CC1)CC2. The van der Waals surface area contributed by atoms with Crippen molar-refractivity contribution in [3.05, 3.63) is 0 Å². The number of carbonyl (C=O) groups is 2. The van der Waals surface area contributed by atoms with E-state index in [1.54, 1.807) is 0 Å². The van der Waals surface area contributed by atoms with Gasteiger partial charge in [-0.05, 0) is 51.4 Å². The first-order chi connectivity index (χ1) is 14.7. The molecule has 1 heterocycles. The van der Waals surface area contributed by atoms with Gasteiger partial charge in [-0.1, -0.05) is 0 Å². The lowest BCUT2D eigenvalue weighted by Gasteiger charge is -2.53. The molecular formula is C22H31F3N4O2. The van der Waals surface area contributed by atoms with Gasteiger partial charge in [-0.15, -0.1) is 0 Å². The highest BCUT2D eigenvalue weighted by atomic mass is 19.3. The van der Waals surface area contributed by atoms with Crippen LogP contribution in [0.15, 0.2) is 0 Å². The van der Waals surface area contributed by atoms with Crippen LogP contribution >= 0.6 is 0 Å². The van der Waals surface area contributed by atoms with Crippen LogP contribution in [-0.4, -0.2) is 59.5 Å². The van der Waals surface area contributed by atoms with Gasteiger partial charge in [0, 0.05) is 36.3 Å². The Bertz CT molecular complexity index is 734. The summed E-state index contributed by atoms with van der Waals surface area (Å²) >= 11 is 0. The number of alkyl halides is 3. The lowest BCUT2D eigenvalue weighted by molar-refractivity contribution is -0.141. The Morgan fingerprint density at radius 3 is 2.23 bits per heavy atom. The van der Waals surface area contributed by atoms with Gasteiger partial charge < -0.3 is 15.5 Å².